The zero-order valence-corrected chi connectivity index (χ0v) is 9.45. The summed E-state index contributed by atoms with van der Waals surface area (Å²) in [7, 11) is 0. The van der Waals surface area contributed by atoms with Crippen LogP contribution in [0.2, 0.25) is 5.02 Å². The topological polar surface area (TPSA) is 52.4 Å². The van der Waals surface area contributed by atoms with E-state index in [9.17, 15) is 10.1 Å². The standard InChI is InChI=1S/C11H10ClNO3/c1-2-3-4-7-16-9-5-6-11(13(14)15)10(12)8-9/h5-6,8H,4,7H2,1H3. The molecule has 0 radical (unpaired) electrons. The molecule has 0 fully saturated rings. The van der Waals surface area contributed by atoms with Gasteiger partial charge in [0.25, 0.3) is 5.69 Å². The molecule has 1 aromatic rings. The number of rotatable bonds is 4. The average molecular weight is 240 g/mol. The Morgan fingerprint density at radius 1 is 1.56 bits per heavy atom. The summed E-state index contributed by atoms with van der Waals surface area (Å²) in [4.78, 5) is 9.96. The predicted octanol–water partition coefficient (Wildman–Crippen LogP) is 3.04. The molecule has 0 unspecified atom stereocenters. The molecule has 0 spiro atoms. The number of hydrogen-bond acceptors (Lipinski definition) is 3. The monoisotopic (exact) mass is 239 g/mol. The highest BCUT2D eigenvalue weighted by atomic mass is 35.5. The minimum absolute atomic E-state index is 0.0732. The quantitative estimate of drug-likeness (QED) is 0.351. The van der Waals surface area contributed by atoms with E-state index < -0.39 is 4.92 Å². The summed E-state index contributed by atoms with van der Waals surface area (Å²) < 4.78 is 5.31. The van der Waals surface area contributed by atoms with Gasteiger partial charge in [0.15, 0.2) is 0 Å². The first-order valence-electron chi connectivity index (χ1n) is 4.61. The molecule has 84 valence electrons. The molecular weight excluding hydrogens is 230 g/mol. The second-order valence-electron chi connectivity index (χ2n) is 2.90. The Kier molecular flexibility index (Phi) is 4.62. The van der Waals surface area contributed by atoms with Crippen molar-refractivity contribution in [2.24, 2.45) is 0 Å². The van der Waals surface area contributed by atoms with Gasteiger partial charge in [-0.05, 0) is 13.0 Å². The van der Waals surface area contributed by atoms with Gasteiger partial charge in [-0.15, -0.1) is 11.8 Å². The van der Waals surface area contributed by atoms with Crippen molar-refractivity contribution in [1.82, 2.24) is 0 Å². The van der Waals surface area contributed by atoms with Crippen LogP contribution in [-0.2, 0) is 0 Å². The maximum absolute atomic E-state index is 10.5. The smallest absolute Gasteiger partial charge is 0.288 e. The molecule has 0 heterocycles. The third kappa shape index (κ3) is 3.44. The highest BCUT2D eigenvalue weighted by Crippen LogP contribution is 2.28. The lowest BCUT2D eigenvalue weighted by Crippen LogP contribution is -1.96. The number of hydrogen-bond donors (Lipinski definition) is 0. The Labute approximate surface area is 98.3 Å². The van der Waals surface area contributed by atoms with Gasteiger partial charge in [0.1, 0.15) is 10.8 Å². The lowest BCUT2D eigenvalue weighted by molar-refractivity contribution is -0.384. The lowest BCUT2D eigenvalue weighted by Gasteiger charge is -2.04. The van der Waals surface area contributed by atoms with E-state index in [1.807, 2.05) is 0 Å². The van der Waals surface area contributed by atoms with Crippen LogP contribution < -0.4 is 4.74 Å². The van der Waals surface area contributed by atoms with Gasteiger partial charge in [-0.3, -0.25) is 10.1 Å². The van der Waals surface area contributed by atoms with Gasteiger partial charge in [0, 0.05) is 18.6 Å². The number of nitrogens with zero attached hydrogens (tertiary/aromatic N) is 1. The first-order chi connectivity index (χ1) is 7.65. The van der Waals surface area contributed by atoms with Gasteiger partial charge in [-0.2, -0.15) is 0 Å². The SMILES string of the molecule is CC#CCCOc1ccc([N+](=O)[O-])c(Cl)c1. The van der Waals surface area contributed by atoms with Crippen LogP contribution in [0.1, 0.15) is 13.3 Å². The van der Waals surface area contributed by atoms with Gasteiger partial charge in [-0.25, -0.2) is 0 Å². The molecule has 0 bridgehead atoms. The molecular formula is C11H10ClNO3. The molecule has 1 rings (SSSR count). The highest BCUT2D eigenvalue weighted by molar-refractivity contribution is 6.32. The molecule has 1 aromatic carbocycles. The van der Waals surface area contributed by atoms with Crippen LogP contribution in [0, 0.1) is 22.0 Å². The van der Waals surface area contributed by atoms with Gasteiger partial charge in [0.2, 0.25) is 0 Å². The number of halogens is 1. The van der Waals surface area contributed by atoms with Gasteiger partial charge in [-0.1, -0.05) is 11.6 Å². The Morgan fingerprint density at radius 3 is 2.88 bits per heavy atom. The Morgan fingerprint density at radius 2 is 2.31 bits per heavy atom. The Hall–Kier alpha value is -1.73. The lowest BCUT2D eigenvalue weighted by atomic mass is 10.3. The number of nitro benzene ring substituents is 1. The fourth-order valence-corrected chi connectivity index (χ4v) is 1.31. The first-order valence-corrected chi connectivity index (χ1v) is 4.99. The minimum Gasteiger partial charge on any atom is -0.493 e. The molecule has 0 saturated carbocycles. The molecule has 0 N–H and O–H groups in total. The van der Waals surface area contributed by atoms with Crippen LogP contribution in [-0.4, -0.2) is 11.5 Å². The molecule has 0 aliphatic heterocycles. The third-order valence-corrected chi connectivity index (χ3v) is 2.09. The number of benzene rings is 1. The predicted molar refractivity (Wildman–Crippen MR) is 61.7 cm³/mol. The van der Waals surface area contributed by atoms with Gasteiger partial charge >= 0.3 is 0 Å². The van der Waals surface area contributed by atoms with Crippen molar-refractivity contribution < 1.29 is 9.66 Å². The fraction of sp³-hybridized carbons (Fsp3) is 0.273. The van der Waals surface area contributed by atoms with Crippen LogP contribution in [0.3, 0.4) is 0 Å². The number of nitro groups is 1. The molecule has 0 saturated heterocycles. The van der Waals surface area contributed by atoms with Crippen molar-refractivity contribution in [1.29, 1.82) is 0 Å². The highest BCUT2D eigenvalue weighted by Gasteiger charge is 2.12. The molecule has 16 heavy (non-hydrogen) atoms. The Balaban J connectivity index is 2.65. The second-order valence-corrected chi connectivity index (χ2v) is 3.30. The zero-order chi connectivity index (χ0) is 12.0. The van der Waals surface area contributed by atoms with Crippen LogP contribution in [0.5, 0.6) is 5.75 Å². The van der Waals surface area contributed by atoms with E-state index in [1.54, 1.807) is 6.92 Å². The van der Waals surface area contributed by atoms with Crippen LogP contribution in [0.25, 0.3) is 0 Å². The summed E-state index contributed by atoms with van der Waals surface area (Å²) in [5, 5.41) is 10.6. The van der Waals surface area contributed by atoms with E-state index in [1.165, 1.54) is 18.2 Å². The molecule has 0 aromatic heterocycles. The van der Waals surface area contributed by atoms with Crippen molar-refractivity contribution in [3.63, 3.8) is 0 Å². The van der Waals surface area contributed by atoms with E-state index in [4.69, 9.17) is 16.3 Å². The first kappa shape index (κ1) is 12.3. The maximum Gasteiger partial charge on any atom is 0.288 e. The summed E-state index contributed by atoms with van der Waals surface area (Å²) in [6.07, 6.45) is 0.616. The summed E-state index contributed by atoms with van der Waals surface area (Å²) in [6.45, 7) is 2.19. The Bertz CT molecular complexity index is 448. The molecule has 5 heteroatoms. The van der Waals surface area contributed by atoms with E-state index in [0.29, 0.717) is 18.8 Å². The van der Waals surface area contributed by atoms with Crippen molar-refractivity contribution in [2.45, 2.75) is 13.3 Å². The summed E-state index contributed by atoms with van der Waals surface area (Å²) >= 11 is 5.71. The minimum atomic E-state index is -0.533. The maximum atomic E-state index is 10.5. The van der Waals surface area contributed by atoms with Gasteiger partial charge in [0.05, 0.1) is 11.5 Å². The van der Waals surface area contributed by atoms with Crippen LogP contribution in [0.4, 0.5) is 5.69 Å². The van der Waals surface area contributed by atoms with Crippen molar-refractivity contribution in [3.8, 4) is 17.6 Å². The summed E-state index contributed by atoms with van der Waals surface area (Å²) in [6, 6.07) is 4.27. The molecule has 4 nitrogen and oxygen atoms in total. The van der Waals surface area contributed by atoms with E-state index in [2.05, 4.69) is 11.8 Å². The van der Waals surface area contributed by atoms with Gasteiger partial charge < -0.3 is 4.74 Å². The molecule has 0 aliphatic carbocycles. The van der Waals surface area contributed by atoms with Crippen LogP contribution in [0.15, 0.2) is 18.2 Å². The molecule has 0 aliphatic rings. The van der Waals surface area contributed by atoms with E-state index in [-0.39, 0.29) is 10.7 Å². The summed E-state index contributed by atoms with van der Waals surface area (Å²) in [5.74, 6) is 6.10. The second kappa shape index (κ2) is 5.99. The normalized spacial score (nSPS) is 9.12. The van der Waals surface area contributed by atoms with E-state index in [0.717, 1.165) is 0 Å². The fourth-order valence-electron chi connectivity index (χ4n) is 1.07. The number of ether oxygens (including phenoxy) is 1. The van der Waals surface area contributed by atoms with Crippen molar-refractivity contribution >= 4 is 17.3 Å². The summed E-state index contributed by atoms with van der Waals surface area (Å²) in [5.41, 5.74) is -0.123. The molecule has 0 atom stereocenters. The van der Waals surface area contributed by atoms with E-state index >= 15 is 0 Å². The third-order valence-electron chi connectivity index (χ3n) is 1.79. The van der Waals surface area contributed by atoms with Crippen molar-refractivity contribution in [2.75, 3.05) is 6.61 Å². The largest absolute Gasteiger partial charge is 0.493 e. The van der Waals surface area contributed by atoms with Crippen molar-refractivity contribution in [3.05, 3.63) is 33.3 Å². The molecule has 0 amide bonds. The van der Waals surface area contributed by atoms with Crippen LogP contribution >= 0.6 is 11.6 Å². The zero-order valence-electron chi connectivity index (χ0n) is 8.70. The average Bonchev–Trinajstić information content (AvgIpc) is 2.24.